The van der Waals surface area contributed by atoms with Crippen molar-refractivity contribution in [2.24, 2.45) is 11.7 Å². The second-order valence-electron chi connectivity index (χ2n) is 7.04. The van der Waals surface area contributed by atoms with Crippen LogP contribution in [0.15, 0.2) is 24.3 Å². The first-order chi connectivity index (χ1) is 12.1. The number of carbonyl (C=O) groups is 2. The van der Waals surface area contributed by atoms with E-state index in [-0.39, 0.29) is 24.5 Å². The minimum atomic E-state index is -0.0128. The van der Waals surface area contributed by atoms with Crippen LogP contribution in [-0.4, -0.2) is 49.0 Å². The van der Waals surface area contributed by atoms with Crippen molar-refractivity contribution in [1.29, 1.82) is 0 Å². The van der Waals surface area contributed by atoms with E-state index < -0.39 is 0 Å². The molecule has 2 fully saturated rings. The van der Waals surface area contributed by atoms with E-state index in [1.807, 2.05) is 29.2 Å². The van der Waals surface area contributed by atoms with Gasteiger partial charge < -0.3 is 20.3 Å². The molecule has 2 heterocycles. The predicted molar refractivity (Wildman–Crippen MR) is 96.5 cm³/mol. The average molecular weight is 345 g/mol. The zero-order valence-electron chi connectivity index (χ0n) is 14.8. The van der Waals surface area contributed by atoms with E-state index in [4.69, 9.17) is 10.5 Å². The van der Waals surface area contributed by atoms with Crippen LogP contribution in [0.25, 0.3) is 0 Å². The van der Waals surface area contributed by atoms with E-state index in [9.17, 15) is 9.59 Å². The lowest BCUT2D eigenvalue weighted by Crippen LogP contribution is -2.50. The summed E-state index contributed by atoms with van der Waals surface area (Å²) in [5.41, 5.74) is 6.71. The first kappa shape index (κ1) is 17.7. The fraction of sp³-hybridized carbons (Fsp3) is 0.579. The standard InChI is InChI=1S/C19H27N3O3/c1-14-8-10-22(16(11-14)12-20)19(24)13-25-17-6-4-15(5-7-17)21-9-2-3-18(21)23/h4-7,14,16H,2-3,8-13,20H2,1H3. The molecule has 0 radical (unpaired) electrons. The third-order valence-corrected chi connectivity index (χ3v) is 5.15. The van der Waals surface area contributed by atoms with Crippen molar-refractivity contribution in [1.82, 2.24) is 4.90 Å². The number of amides is 2. The number of piperidine rings is 1. The van der Waals surface area contributed by atoms with Gasteiger partial charge in [-0.3, -0.25) is 9.59 Å². The van der Waals surface area contributed by atoms with Crippen LogP contribution < -0.4 is 15.4 Å². The third kappa shape index (κ3) is 4.12. The molecule has 3 rings (SSSR count). The Morgan fingerprint density at radius 1 is 1.28 bits per heavy atom. The van der Waals surface area contributed by atoms with Crippen molar-refractivity contribution < 1.29 is 14.3 Å². The molecule has 136 valence electrons. The fourth-order valence-corrected chi connectivity index (χ4v) is 3.67. The average Bonchev–Trinajstić information content (AvgIpc) is 3.06. The third-order valence-electron chi connectivity index (χ3n) is 5.15. The molecule has 1 aromatic rings. The van der Waals surface area contributed by atoms with Gasteiger partial charge in [0.25, 0.3) is 5.91 Å². The number of hydrogen-bond acceptors (Lipinski definition) is 4. The van der Waals surface area contributed by atoms with Gasteiger partial charge in [-0.05, 0) is 49.4 Å². The first-order valence-electron chi connectivity index (χ1n) is 9.11. The highest BCUT2D eigenvalue weighted by atomic mass is 16.5. The molecular formula is C19H27N3O3. The molecule has 0 saturated carbocycles. The minimum absolute atomic E-state index is 0.0128. The zero-order valence-corrected chi connectivity index (χ0v) is 14.8. The number of rotatable bonds is 5. The molecule has 2 N–H and O–H groups in total. The monoisotopic (exact) mass is 345 g/mol. The van der Waals surface area contributed by atoms with Crippen LogP contribution in [0.2, 0.25) is 0 Å². The van der Waals surface area contributed by atoms with Crippen molar-refractivity contribution >= 4 is 17.5 Å². The van der Waals surface area contributed by atoms with E-state index in [1.54, 1.807) is 4.90 Å². The molecule has 2 atom stereocenters. The number of nitrogens with zero attached hydrogens (tertiary/aromatic N) is 2. The molecule has 2 unspecified atom stereocenters. The summed E-state index contributed by atoms with van der Waals surface area (Å²) in [6, 6.07) is 7.48. The van der Waals surface area contributed by atoms with Crippen LogP contribution in [0.1, 0.15) is 32.6 Å². The number of likely N-dealkylation sites (tertiary alicyclic amines) is 1. The molecule has 2 aliphatic heterocycles. The minimum Gasteiger partial charge on any atom is -0.484 e. The maximum Gasteiger partial charge on any atom is 0.260 e. The largest absolute Gasteiger partial charge is 0.484 e. The lowest BCUT2D eigenvalue weighted by atomic mass is 9.92. The lowest BCUT2D eigenvalue weighted by Gasteiger charge is -2.37. The topological polar surface area (TPSA) is 75.9 Å². The van der Waals surface area contributed by atoms with Crippen molar-refractivity contribution in [3.63, 3.8) is 0 Å². The Kier molecular flexibility index (Phi) is 5.58. The van der Waals surface area contributed by atoms with E-state index in [2.05, 4.69) is 6.92 Å². The number of ether oxygens (including phenoxy) is 1. The Labute approximate surface area is 148 Å². The first-order valence-corrected chi connectivity index (χ1v) is 9.11. The summed E-state index contributed by atoms with van der Waals surface area (Å²) in [7, 11) is 0. The highest BCUT2D eigenvalue weighted by Gasteiger charge is 2.29. The number of anilines is 1. The molecule has 6 heteroatoms. The van der Waals surface area contributed by atoms with Crippen LogP contribution in [0.3, 0.4) is 0 Å². The molecule has 1 aromatic carbocycles. The molecule has 0 aliphatic carbocycles. The van der Waals surface area contributed by atoms with Crippen LogP contribution in [-0.2, 0) is 9.59 Å². The second kappa shape index (κ2) is 7.87. The van der Waals surface area contributed by atoms with Crippen LogP contribution in [0, 0.1) is 5.92 Å². The van der Waals surface area contributed by atoms with Gasteiger partial charge >= 0.3 is 0 Å². The number of nitrogens with two attached hydrogens (primary N) is 1. The second-order valence-corrected chi connectivity index (χ2v) is 7.04. The lowest BCUT2D eigenvalue weighted by molar-refractivity contribution is -0.137. The molecule has 0 spiro atoms. The summed E-state index contributed by atoms with van der Waals surface area (Å²) < 4.78 is 5.65. The summed E-state index contributed by atoms with van der Waals surface area (Å²) in [5.74, 6) is 1.40. The van der Waals surface area contributed by atoms with Crippen molar-refractivity contribution in [2.45, 2.75) is 38.6 Å². The van der Waals surface area contributed by atoms with Gasteiger partial charge in [-0.25, -0.2) is 0 Å². The van der Waals surface area contributed by atoms with Crippen molar-refractivity contribution in [3.05, 3.63) is 24.3 Å². The van der Waals surface area contributed by atoms with Crippen LogP contribution >= 0.6 is 0 Å². The van der Waals surface area contributed by atoms with Gasteiger partial charge in [0.1, 0.15) is 5.75 Å². The predicted octanol–water partition coefficient (Wildman–Crippen LogP) is 1.78. The molecule has 0 aromatic heterocycles. The highest BCUT2D eigenvalue weighted by molar-refractivity contribution is 5.95. The molecule has 2 saturated heterocycles. The van der Waals surface area contributed by atoms with E-state index in [1.165, 1.54) is 0 Å². The SMILES string of the molecule is CC1CCN(C(=O)COc2ccc(N3CCCC3=O)cc2)C(CN)C1. The molecule has 0 bridgehead atoms. The molecule has 2 amide bonds. The summed E-state index contributed by atoms with van der Waals surface area (Å²) in [6.45, 7) is 4.24. The number of carbonyl (C=O) groups excluding carboxylic acids is 2. The van der Waals surface area contributed by atoms with Crippen molar-refractivity contribution in [2.75, 3.05) is 31.1 Å². The molecule has 25 heavy (non-hydrogen) atoms. The zero-order chi connectivity index (χ0) is 17.8. The normalized spacial score (nSPS) is 23.8. The van der Waals surface area contributed by atoms with Gasteiger partial charge in [0.15, 0.2) is 6.61 Å². The number of benzene rings is 1. The molecule has 6 nitrogen and oxygen atoms in total. The summed E-state index contributed by atoms with van der Waals surface area (Å²) in [4.78, 5) is 27.9. The maximum absolute atomic E-state index is 12.5. The van der Waals surface area contributed by atoms with Crippen LogP contribution in [0.5, 0.6) is 5.75 Å². The van der Waals surface area contributed by atoms with Gasteiger partial charge in [0.05, 0.1) is 0 Å². The van der Waals surface area contributed by atoms with Crippen LogP contribution in [0.4, 0.5) is 5.69 Å². The smallest absolute Gasteiger partial charge is 0.260 e. The Hall–Kier alpha value is -2.08. The van der Waals surface area contributed by atoms with Gasteiger partial charge in [-0.1, -0.05) is 6.92 Å². The van der Waals surface area contributed by atoms with Gasteiger partial charge in [0, 0.05) is 37.8 Å². The molecule has 2 aliphatic rings. The number of hydrogen-bond donors (Lipinski definition) is 1. The Balaban J connectivity index is 1.54. The highest BCUT2D eigenvalue weighted by Crippen LogP contribution is 2.25. The van der Waals surface area contributed by atoms with Crippen molar-refractivity contribution in [3.8, 4) is 5.75 Å². The van der Waals surface area contributed by atoms with E-state index in [0.29, 0.717) is 24.6 Å². The summed E-state index contributed by atoms with van der Waals surface area (Å²) >= 11 is 0. The summed E-state index contributed by atoms with van der Waals surface area (Å²) in [5, 5.41) is 0. The fourth-order valence-electron chi connectivity index (χ4n) is 3.67. The van der Waals surface area contributed by atoms with E-state index >= 15 is 0 Å². The Bertz CT molecular complexity index is 617. The molecular weight excluding hydrogens is 318 g/mol. The maximum atomic E-state index is 12.5. The quantitative estimate of drug-likeness (QED) is 0.882. The van der Waals surface area contributed by atoms with Gasteiger partial charge in [-0.15, -0.1) is 0 Å². The van der Waals surface area contributed by atoms with Gasteiger partial charge in [-0.2, -0.15) is 0 Å². The Morgan fingerprint density at radius 3 is 2.68 bits per heavy atom. The Morgan fingerprint density at radius 2 is 2.04 bits per heavy atom. The van der Waals surface area contributed by atoms with Gasteiger partial charge in [0.2, 0.25) is 5.91 Å². The summed E-state index contributed by atoms with van der Waals surface area (Å²) in [6.07, 6.45) is 3.49. The van der Waals surface area contributed by atoms with E-state index in [0.717, 1.165) is 38.0 Å².